The largest absolute Gasteiger partial charge is 0.497 e. The van der Waals surface area contributed by atoms with Gasteiger partial charge in [0, 0.05) is 23.4 Å². The van der Waals surface area contributed by atoms with E-state index in [9.17, 15) is 32.7 Å². The number of fused-ring (bicyclic) bond motifs is 5. The smallest absolute Gasteiger partial charge is 0.405 e. The van der Waals surface area contributed by atoms with Crippen molar-refractivity contribution >= 4 is 44.6 Å². The van der Waals surface area contributed by atoms with Gasteiger partial charge < -0.3 is 39.6 Å². The third-order valence-electron chi connectivity index (χ3n) is 11.3. The molecule has 3 aliphatic heterocycles. The Bertz CT molecular complexity index is 2000. The van der Waals surface area contributed by atoms with E-state index in [1.165, 1.54) is 18.7 Å². The first-order chi connectivity index (χ1) is 25.6. The maximum Gasteiger partial charge on any atom is 0.405 e. The van der Waals surface area contributed by atoms with Gasteiger partial charge in [0.2, 0.25) is 33.6 Å². The molecular weight excluding hydrogens is 722 g/mol. The van der Waals surface area contributed by atoms with Crippen LogP contribution in [0.4, 0.5) is 4.79 Å². The molecule has 1 aromatic carbocycles. The van der Waals surface area contributed by atoms with Crippen molar-refractivity contribution in [1.82, 2.24) is 25.2 Å². The summed E-state index contributed by atoms with van der Waals surface area (Å²) in [6.45, 7) is 4.65. The van der Waals surface area contributed by atoms with Gasteiger partial charge in [0.05, 0.1) is 31.1 Å². The van der Waals surface area contributed by atoms with E-state index in [1.807, 2.05) is 24.3 Å². The number of methoxy groups -OCH3 is 1. The van der Waals surface area contributed by atoms with Gasteiger partial charge in [-0.2, -0.15) is 4.98 Å². The van der Waals surface area contributed by atoms with Crippen LogP contribution in [0.3, 0.4) is 0 Å². The number of aromatic nitrogens is 1. The minimum absolute atomic E-state index is 0.00870. The number of rotatable bonds is 7. The Kier molecular flexibility index (Phi) is 9.91. The number of sulfonamides is 1. The first-order valence-corrected chi connectivity index (χ1v) is 19.9. The molecule has 292 valence electrons. The molecule has 5 aliphatic rings. The SMILES string of the molecule is COc1ccc2c(O[C@@H]3C[C@H]4C(=O)N[C@@H]5C[C@H]5/C=C\CC[C@@H](C)O[C@](C)(C(=O)NS(=O)(=O)C5(C)CC5)[C@H](NC(=O)O)C(=O)N4C3)nc3c(c2c1)CCCO3. The number of ether oxygens (including phenoxy) is 4. The molecular formula is C37H47N5O11S. The Morgan fingerprint density at radius 1 is 1.15 bits per heavy atom. The lowest BCUT2D eigenvalue weighted by Gasteiger charge is -2.39. The first-order valence-electron chi connectivity index (χ1n) is 18.4. The van der Waals surface area contributed by atoms with E-state index in [0.29, 0.717) is 49.3 Å². The van der Waals surface area contributed by atoms with Crippen LogP contribution >= 0.6 is 0 Å². The maximum atomic E-state index is 14.8. The molecule has 0 unspecified atom stereocenters. The molecule has 2 aliphatic carbocycles. The molecule has 17 heteroatoms. The second-order valence-corrected chi connectivity index (χ2v) is 17.6. The average molecular weight is 770 g/mol. The van der Waals surface area contributed by atoms with Crippen molar-refractivity contribution in [1.29, 1.82) is 0 Å². The molecule has 4 amide bonds. The number of carbonyl (C=O) groups is 4. The summed E-state index contributed by atoms with van der Waals surface area (Å²) in [6, 6.07) is 2.22. The van der Waals surface area contributed by atoms with Gasteiger partial charge in [0.1, 0.15) is 23.9 Å². The molecule has 0 radical (unpaired) electrons. The van der Waals surface area contributed by atoms with Crippen LogP contribution in [-0.4, -0.2) is 108 Å². The van der Waals surface area contributed by atoms with E-state index in [-0.39, 0.29) is 30.8 Å². The summed E-state index contributed by atoms with van der Waals surface area (Å²) in [5.74, 6) is -1.26. The van der Waals surface area contributed by atoms with Crippen molar-refractivity contribution < 1.29 is 51.6 Å². The lowest BCUT2D eigenvalue weighted by Crippen LogP contribution is -2.68. The second-order valence-electron chi connectivity index (χ2n) is 15.4. The highest BCUT2D eigenvalue weighted by molar-refractivity contribution is 7.91. The average Bonchev–Trinajstić information content (AvgIpc) is 4.03. The van der Waals surface area contributed by atoms with E-state index in [4.69, 9.17) is 23.9 Å². The van der Waals surface area contributed by atoms with Crippen molar-refractivity contribution in [2.45, 2.75) is 113 Å². The number of amides is 4. The molecule has 4 N–H and O–H groups in total. The number of carboxylic acid groups (broad SMARTS) is 1. The van der Waals surface area contributed by atoms with Crippen LogP contribution in [0.1, 0.15) is 71.3 Å². The minimum Gasteiger partial charge on any atom is -0.497 e. The number of carbonyl (C=O) groups excluding carboxylic acids is 3. The van der Waals surface area contributed by atoms with E-state index in [1.54, 1.807) is 20.1 Å². The minimum atomic E-state index is -4.23. The van der Waals surface area contributed by atoms with Gasteiger partial charge in [-0.25, -0.2) is 13.2 Å². The molecule has 16 nitrogen and oxygen atoms in total. The number of pyridine rings is 1. The van der Waals surface area contributed by atoms with Gasteiger partial charge in [0.15, 0.2) is 5.60 Å². The third kappa shape index (κ3) is 7.27. The van der Waals surface area contributed by atoms with Crippen molar-refractivity contribution in [3.8, 4) is 17.5 Å². The van der Waals surface area contributed by atoms with Gasteiger partial charge in [-0.05, 0) is 95.2 Å². The predicted octanol–water partition coefficient (Wildman–Crippen LogP) is 2.57. The maximum absolute atomic E-state index is 14.8. The zero-order valence-electron chi connectivity index (χ0n) is 30.8. The quantitative estimate of drug-likeness (QED) is 0.300. The standard InChI is InChI=1S/C37H47N5O11S/c1-20-8-5-6-9-21-16-27(21)38-30(43)28-18-23(52-32-25-12-11-22(50-4)17-26(25)24-10-7-15-51-31(24)40-32)19-42(28)33(44)29(39-35(46)47)37(3,53-20)34(45)41-54(48,49)36(2)13-14-36/h6,9,11-12,17,20-21,23,27-29,39H,5,7-8,10,13-16,18-19H2,1-4H3,(H,38,43)(H,41,45)(H,46,47)/b9-6-/t20-,21-,23-,27-,28+,29-,37+/m1/s1. The lowest BCUT2D eigenvalue weighted by atomic mass is 9.92. The predicted molar refractivity (Wildman–Crippen MR) is 194 cm³/mol. The fourth-order valence-electron chi connectivity index (χ4n) is 7.54. The van der Waals surface area contributed by atoms with Crippen LogP contribution in [0, 0.1) is 5.92 Å². The zero-order chi connectivity index (χ0) is 38.6. The molecule has 1 aromatic heterocycles. The number of nitrogens with one attached hydrogen (secondary N) is 3. The molecule has 4 heterocycles. The lowest BCUT2D eigenvalue weighted by molar-refractivity contribution is -0.165. The van der Waals surface area contributed by atoms with Crippen molar-refractivity contribution in [3.63, 3.8) is 0 Å². The van der Waals surface area contributed by atoms with Crippen LogP contribution in [0.5, 0.6) is 17.5 Å². The normalized spacial score (nSPS) is 31.2. The molecule has 0 spiro atoms. The van der Waals surface area contributed by atoms with Gasteiger partial charge in [-0.15, -0.1) is 0 Å². The van der Waals surface area contributed by atoms with Crippen LogP contribution in [0.2, 0.25) is 0 Å². The number of allylic oxidation sites excluding steroid dienone is 1. The van der Waals surface area contributed by atoms with Crippen molar-refractivity contribution in [3.05, 3.63) is 35.9 Å². The fourth-order valence-corrected chi connectivity index (χ4v) is 8.88. The topological polar surface area (TPSA) is 212 Å². The van der Waals surface area contributed by atoms with Crippen LogP contribution < -0.4 is 29.6 Å². The molecule has 0 bridgehead atoms. The van der Waals surface area contributed by atoms with Crippen LogP contribution in [0.25, 0.3) is 10.8 Å². The number of benzene rings is 1. The second kappa shape index (κ2) is 14.2. The highest BCUT2D eigenvalue weighted by atomic mass is 32.2. The summed E-state index contributed by atoms with van der Waals surface area (Å²) in [6.07, 6.45) is 4.61. The monoisotopic (exact) mass is 769 g/mol. The van der Waals surface area contributed by atoms with Gasteiger partial charge in [0.25, 0.3) is 5.91 Å². The van der Waals surface area contributed by atoms with E-state index >= 15 is 0 Å². The number of hydrogen-bond acceptors (Lipinski definition) is 11. The molecule has 3 fully saturated rings. The summed E-state index contributed by atoms with van der Waals surface area (Å²) in [4.78, 5) is 61.2. The Morgan fingerprint density at radius 3 is 2.65 bits per heavy atom. The highest BCUT2D eigenvalue weighted by Crippen LogP contribution is 2.43. The van der Waals surface area contributed by atoms with Crippen LogP contribution in [-0.2, 0) is 35.6 Å². The molecule has 7 atom stereocenters. The fraction of sp³-hybridized carbons (Fsp3) is 0.595. The van der Waals surface area contributed by atoms with Gasteiger partial charge in [-0.1, -0.05) is 12.2 Å². The summed E-state index contributed by atoms with van der Waals surface area (Å²) in [5, 5.41) is 16.7. The number of hydrogen-bond donors (Lipinski definition) is 4. The summed E-state index contributed by atoms with van der Waals surface area (Å²) < 4.78 is 51.6. The Labute approximate surface area is 313 Å². The summed E-state index contributed by atoms with van der Waals surface area (Å²) in [7, 11) is -2.65. The molecule has 2 aromatic rings. The number of nitrogens with zero attached hydrogens (tertiary/aromatic N) is 2. The summed E-state index contributed by atoms with van der Waals surface area (Å²) in [5.41, 5.74) is -1.46. The van der Waals surface area contributed by atoms with Crippen molar-refractivity contribution in [2.24, 2.45) is 5.92 Å². The van der Waals surface area contributed by atoms with E-state index in [0.717, 1.165) is 30.2 Å². The summed E-state index contributed by atoms with van der Waals surface area (Å²) >= 11 is 0. The first kappa shape index (κ1) is 37.7. The Morgan fingerprint density at radius 2 is 1.93 bits per heavy atom. The Balaban J connectivity index is 1.26. The van der Waals surface area contributed by atoms with E-state index < -0.39 is 68.5 Å². The van der Waals surface area contributed by atoms with E-state index in [2.05, 4.69) is 15.4 Å². The number of aryl methyl sites for hydroxylation is 1. The zero-order valence-corrected chi connectivity index (χ0v) is 31.6. The van der Waals surface area contributed by atoms with Gasteiger partial charge in [-0.3, -0.25) is 19.1 Å². The third-order valence-corrected chi connectivity index (χ3v) is 13.4. The Hall–Kier alpha value is -4.64. The van der Waals surface area contributed by atoms with Crippen LogP contribution in [0.15, 0.2) is 30.4 Å². The molecule has 7 rings (SSSR count). The van der Waals surface area contributed by atoms with Crippen molar-refractivity contribution in [2.75, 3.05) is 20.3 Å². The molecule has 1 saturated heterocycles. The molecule has 2 saturated carbocycles. The molecule has 54 heavy (non-hydrogen) atoms. The van der Waals surface area contributed by atoms with Gasteiger partial charge >= 0.3 is 6.09 Å². The highest BCUT2D eigenvalue weighted by Gasteiger charge is 2.57.